The Morgan fingerprint density at radius 1 is 1.26 bits per heavy atom. The number of carboxylic acids is 1. The molecule has 0 bridgehead atoms. The fourth-order valence-electron chi connectivity index (χ4n) is 3.88. The average molecular weight is 309 g/mol. The largest absolute Gasteiger partial charge is 0.493 e. The number of para-hydroxylation sites is 1. The minimum Gasteiger partial charge on any atom is -0.493 e. The first-order valence-electron chi connectivity index (χ1n) is 7.84. The van der Waals surface area contributed by atoms with Gasteiger partial charge in [-0.1, -0.05) is 38.1 Å². The smallest absolute Gasteiger partial charge is 0.335 e. The lowest BCUT2D eigenvalue weighted by Crippen LogP contribution is -2.46. The fourth-order valence-corrected chi connectivity index (χ4v) is 3.88. The van der Waals surface area contributed by atoms with E-state index in [2.05, 4.69) is 37.4 Å². The van der Waals surface area contributed by atoms with E-state index in [4.69, 9.17) is 9.84 Å². The highest BCUT2D eigenvalue weighted by molar-refractivity contribution is 5.88. The number of hydrogen-bond donors (Lipinski definition) is 2. The standard InChI is InChI=1S/C19H19NO3/c1-19(2)13-5-3-4-6-15(13)20-17-12-8-7-11(18(21)22)9-16(12)23-10-14(17)19/h3-9,14,17,20H,10H2,1-2H3,(H,21,22)/t14-,17+/m1/s1. The Morgan fingerprint density at radius 3 is 2.83 bits per heavy atom. The molecule has 2 atom stereocenters. The van der Waals surface area contributed by atoms with Crippen LogP contribution in [0, 0.1) is 5.92 Å². The Morgan fingerprint density at radius 2 is 2.04 bits per heavy atom. The zero-order chi connectivity index (χ0) is 16.2. The molecule has 2 aromatic carbocycles. The second-order valence-electron chi connectivity index (χ2n) is 6.86. The van der Waals surface area contributed by atoms with E-state index in [-0.39, 0.29) is 17.0 Å². The van der Waals surface area contributed by atoms with Gasteiger partial charge < -0.3 is 15.2 Å². The van der Waals surface area contributed by atoms with Crippen LogP contribution in [0.5, 0.6) is 5.75 Å². The third-order valence-electron chi connectivity index (χ3n) is 5.28. The number of aromatic carboxylic acids is 1. The number of carboxylic acid groups (broad SMARTS) is 1. The van der Waals surface area contributed by atoms with Gasteiger partial charge in [0, 0.05) is 22.6 Å². The quantitative estimate of drug-likeness (QED) is 0.840. The highest BCUT2D eigenvalue weighted by Gasteiger charge is 2.46. The normalized spacial score (nSPS) is 23.6. The summed E-state index contributed by atoms with van der Waals surface area (Å²) in [5.41, 5.74) is 3.73. The summed E-state index contributed by atoms with van der Waals surface area (Å²) in [5, 5.41) is 12.8. The fraction of sp³-hybridized carbons (Fsp3) is 0.316. The van der Waals surface area contributed by atoms with Gasteiger partial charge >= 0.3 is 5.97 Å². The molecular weight excluding hydrogens is 290 g/mol. The maximum atomic E-state index is 11.2. The van der Waals surface area contributed by atoms with Crippen LogP contribution in [0.3, 0.4) is 0 Å². The predicted octanol–water partition coefficient (Wildman–Crippen LogP) is 3.84. The number of rotatable bonds is 1. The Hall–Kier alpha value is -2.49. The summed E-state index contributed by atoms with van der Waals surface area (Å²) in [5.74, 6) is 0.0372. The molecule has 2 N–H and O–H groups in total. The van der Waals surface area contributed by atoms with Crippen molar-refractivity contribution in [2.75, 3.05) is 11.9 Å². The first-order valence-corrected chi connectivity index (χ1v) is 7.84. The molecule has 2 aromatic rings. The number of hydrogen-bond acceptors (Lipinski definition) is 3. The monoisotopic (exact) mass is 309 g/mol. The van der Waals surface area contributed by atoms with Crippen LogP contribution in [0.25, 0.3) is 0 Å². The molecule has 0 saturated heterocycles. The lowest BCUT2D eigenvalue weighted by molar-refractivity contribution is 0.0695. The molecule has 2 aliphatic heterocycles. The lowest BCUT2D eigenvalue weighted by Gasteiger charge is -2.48. The van der Waals surface area contributed by atoms with Crippen molar-refractivity contribution in [3.05, 3.63) is 59.2 Å². The van der Waals surface area contributed by atoms with Crippen molar-refractivity contribution in [2.24, 2.45) is 5.92 Å². The van der Waals surface area contributed by atoms with Crippen LogP contribution in [0.15, 0.2) is 42.5 Å². The Kier molecular flexibility index (Phi) is 2.92. The summed E-state index contributed by atoms with van der Waals surface area (Å²) in [4.78, 5) is 11.2. The van der Waals surface area contributed by atoms with Crippen molar-refractivity contribution in [1.82, 2.24) is 0 Å². The first-order chi connectivity index (χ1) is 11.0. The van der Waals surface area contributed by atoms with Crippen molar-refractivity contribution in [2.45, 2.75) is 25.3 Å². The van der Waals surface area contributed by atoms with E-state index in [0.717, 1.165) is 11.3 Å². The van der Waals surface area contributed by atoms with E-state index in [1.54, 1.807) is 12.1 Å². The van der Waals surface area contributed by atoms with Crippen LogP contribution in [-0.2, 0) is 5.41 Å². The van der Waals surface area contributed by atoms with Gasteiger partial charge in [0.1, 0.15) is 5.75 Å². The van der Waals surface area contributed by atoms with Gasteiger partial charge in [0.2, 0.25) is 0 Å². The molecular formula is C19H19NO3. The van der Waals surface area contributed by atoms with E-state index >= 15 is 0 Å². The van der Waals surface area contributed by atoms with E-state index in [1.807, 2.05) is 12.1 Å². The van der Waals surface area contributed by atoms with Crippen LogP contribution >= 0.6 is 0 Å². The molecule has 0 aromatic heterocycles. The van der Waals surface area contributed by atoms with Gasteiger partial charge in [0.25, 0.3) is 0 Å². The molecule has 2 heterocycles. The molecule has 4 heteroatoms. The molecule has 23 heavy (non-hydrogen) atoms. The topological polar surface area (TPSA) is 58.6 Å². The van der Waals surface area contributed by atoms with Crippen molar-refractivity contribution in [3.63, 3.8) is 0 Å². The summed E-state index contributed by atoms with van der Waals surface area (Å²) in [6.45, 7) is 5.09. The van der Waals surface area contributed by atoms with Gasteiger partial charge in [-0.2, -0.15) is 0 Å². The van der Waals surface area contributed by atoms with Crippen molar-refractivity contribution >= 4 is 11.7 Å². The minimum atomic E-state index is -0.930. The minimum absolute atomic E-state index is 0.0182. The zero-order valence-corrected chi connectivity index (χ0v) is 13.2. The lowest BCUT2D eigenvalue weighted by atomic mass is 9.65. The number of nitrogens with one attached hydrogen (secondary N) is 1. The van der Waals surface area contributed by atoms with Crippen LogP contribution in [0.4, 0.5) is 5.69 Å². The van der Waals surface area contributed by atoms with Crippen molar-refractivity contribution in [1.29, 1.82) is 0 Å². The number of fused-ring (bicyclic) bond motifs is 4. The van der Waals surface area contributed by atoms with Crippen LogP contribution in [-0.4, -0.2) is 17.7 Å². The molecule has 4 nitrogen and oxygen atoms in total. The van der Waals surface area contributed by atoms with E-state index in [1.165, 1.54) is 5.56 Å². The Balaban J connectivity index is 1.82. The zero-order valence-electron chi connectivity index (χ0n) is 13.2. The maximum Gasteiger partial charge on any atom is 0.335 e. The average Bonchev–Trinajstić information content (AvgIpc) is 2.54. The molecule has 0 saturated carbocycles. The Labute approximate surface area is 135 Å². The van der Waals surface area contributed by atoms with Crippen LogP contribution in [0.1, 0.15) is 41.4 Å². The predicted molar refractivity (Wildman–Crippen MR) is 88.2 cm³/mol. The van der Waals surface area contributed by atoms with E-state index in [0.29, 0.717) is 18.3 Å². The van der Waals surface area contributed by atoms with Crippen molar-refractivity contribution in [3.8, 4) is 5.75 Å². The molecule has 0 aliphatic carbocycles. The molecule has 0 unspecified atom stereocenters. The molecule has 0 radical (unpaired) electrons. The van der Waals surface area contributed by atoms with Crippen LogP contribution < -0.4 is 10.1 Å². The summed E-state index contributed by atoms with van der Waals surface area (Å²) in [6, 6.07) is 13.7. The number of carbonyl (C=O) groups is 1. The van der Waals surface area contributed by atoms with Gasteiger partial charge in [-0.15, -0.1) is 0 Å². The maximum absolute atomic E-state index is 11.2. The number of ether oxygens (including phenoxy) is 1. The van der Waals surface area contributed by atoms with Gasteiger partial charge in [0.05, 0.1) is 18.2 Å². The molecule has 4 rings (SSSR count). The second kappa shape index (κ2) is 4.75. The van der Waals surface area contributed by atoms with Crippen LogP contribution in [0.2, 0.25) is 0 Å². The highest BCUT2D eigenvalue weighted by Crippen LogP contribution is 2.51. The van der Waals surface area contributed by atoms with Gasteiger partial charge in [-0.3, -0.25) is 0 Å². The molecule has 0 fully saturated rings. The van der Waals surface area contributed by atoms with Gasteiger partial charge in [-0.05, 0) is 23.8 Å². The third-order valence-corrected chi connectivity index (χ3v) is 5.28. The van der Waals surface area contributed by atoms with E-state index < -0.39 is 5.97 Å². The van der Waals surface area contributed by atoms with E-state index in [9.17, 15) is 4.79 Å². The third kappa shape index (κ3) is 2.01. The molecule has 2 aliphatic rings. The molecule has 0 spiro atoms. The SMILES string of the molecule is CC1(C)c2ccccc2N[C@H]2c3ccc(C(=O)O)cc3OC[C@H]21. The molecule has 0 amide bonds. The second-order valence-corrected chi connectivity index (χ2v) is 6.86. The highest BCUT2D eigenvalue weighted by atomic mass is 16.5. The van der Waals surface area contributed by atoms with Crippen molar-refractivity contribution < 1.29 is 14.6 Å². The Bertz CT molecular complexity index is 797. The summed E-state index contributed by atoms with van der Waals surface area (Å²) in [6.07, 6.45) is 0. The molecule has 118 valence electrons. The van der Waals surface area contributed by atoms with Gasteiger partial charge in [-0.25, -0.2) is 4.79 Å². The number of anilines is 1. The summed E-state index contributed by atoms with van der Waals surface area (Å²) in [7, 11) is 0. The number of benzene rings is 2. The summed E-state index contributed by atoms with van der Waals surface area (Å²) >= 11 is 0. The summed E-state index contributed by atoms with van der Waals surface area (Å²) < 4.78 is 5.93. The van der Waals surface area contributed by atoms with Gasteiger partial charge in [0.15, 0.2) is 0 Å². The first kappa shape index (κ1) is 14.1.